The highest BCUT2D eigenvalue weighted by Gasteiger charge is 2.23. The monoisotopic (exact) mass is 579 g/mol. The maximum atomic E-state index is 13.4. The van der Waals surface area contributed by atoms with Crippen LogP contribution in [0.2, 0.25) is 0 Å². The van der Waals surface area contributed by atoms with E-state index in [0.717, 1.165) is 24.3 Å². The lowest BCUT2D eigenvalue weighted by atomic mass is 10.0. The van der Waals surface area contributed by atoms with Crippen molar-refractivity contribution in [3.63, 3.8) is 0 Å². The van der Waals surface area contributed by atoms with Crippen LogP contribution in [0, 0.1) is 5.82 Å². The quantitative estimate of drug-likeness (QED) is 0.119. The number of carbonyl (C=O) groups is 2. The number of allylic oxidation sites excluding steroid dienone is 1. The minimum atomic E-state index is -0.592. The fourth-order valence-electron chi connectivity index (χ4n) is 4.20. The summed E-state index contributed by atoms with van der Waals surface area (Å²) >= 11 is 2.44. The van der Waals surface area contributed by atoms with Crippen LogP contribution in [0.5, 0.6) is 0 Å². The van der Waals surface area contributed by atoms with E-state index >= 15 is 0 Å². The van der Waals surface area contributed by atoms with Crippen molar-refractivity contribution in [2.75, 3.05) is 36.2 Å². The van der Waals surface area contributed by atoms with E-state index < -0.39 is 5.97 Å². The van der Waals surface area contributed by atoms with Gasteiger partial charge in [0.25, 0.3) is 0 Å². The van der Waals surface area contributed by atoms with Crippen LogP contribution >= 0.6 is 23.1 Å². The Kier molecular flexibility index (Phi) is 9.73. The van der Waals surface area contributed by atoms with E-state index in [9.17, 15) is 14.0 Å². The number of ether oxygens (including phenoxy) is 1. The van der Waals surface area contributed by atoms with Gasteiger partial charge in [0.2, 0.25) is 5.91 Å². The predicted molar refractivity (Wildman–Crippen MR) is 160 cm³/mol. The number of hydrogen-bond donors (Lipinski definition) is 1. The zero-order valence-electron chi connectivity index (χ0n) is 22.5. The summed E-state index contributed by atoms with van der Waals surface area (Å²) in [5.41, 5.74) is 3.47. The summed E-state index contributed by atoms with van der Waals surface area (Å²) in [6.45, 7) is 10.4. The first-order valence-electron chi connectivity index (χ1n) is 12.7. The standard InChI is InChI=1S/C29H30FN5O3S2/c1-5-16-35-26(20-10-14-22(15-11-20)34(6-2)7-3)32-33-29(35)40-18-24(36)31-27-25(28(37)38-4)23(17-39-27)19-8-12-21(30)13-9-19/h5,8-15,17H,1,6-7,16,18H2,2-4H3,(H,31,36). The highest BCUT2D eigenvalue weighted by molar-refractivity contribution is 7.99. The summed E-state index contributed by atoms with van der Waals surface area (Å²) in [6, 6.07) is 13.9. The smallest absolute Gasteiger partial charge is 0.341 e. The number of thioether (sulfide) groups is 1. The number of carbonyl (C=O) groups excluding carboxylic acids is 2. The van der Waals surface area contributed by atoms with E-state index in [4.69, 9.17) is 4.74 Å². The number of nitrogens with one attached hydrogen (secondary N) is 1. The van der Waals surface area contributed by atoms with Crippen LogP contribution in [-0.2, 0) is 16.1 Å². The van der Waals surface area contributed by atoms with Crippen LogP contribution in [-0.4, -0.2) is 52.6 Å². The van der Waals surface area contributed by atoms with Crippen LogP contribution in [0.15, 0.2) is 71.7 Å². The second-order valence-corrected chi connectivity index (χ2v) is 10.4. The van der Waals surface area contributed by atoms with Gasteiger partial charge in [-0.25, -0.2) is 9.18 Å². The van der Waals surface area contributed by atoms with Gasteiger partial charge in [0.05, 0.1) is 12.9 Å². The number of hydrogen-bond acceptors (Lipinski definition) is 8. The molecule has 0 aliphatic heterocycles. The number of anilines is 2. The average molecular weight is 580 g/mol. The highest BCUT2D eigenvalue weighted by Crippen LogP contribution is 2.36. The molecule has 2 aromatic heterocycles. The number of benzene rings is 2. The van der Waals surface area contributed by atoms with E-state index in [2.05, 4.69) is 53.0 Å². The molecule has 11 heteroatoms. The lowest BCUT2D eigenvalue weighted by molar-refractivity contribution is -0.113. The Morgan fingerprint density at radius 3 is 2.40 bits per heavy atom. The summed E-state index contributed by atoms with van der Waals surface area (Å²) < 4.78 is 20.3. The third-order valence-electron chi connectivity index (χ3n) is 6.20. The Labute approximate surface area is 240 Å². The van der Waals surface area contributed by atoms with Crippen molar-refractivity contribution in [2.24, 2.45) is 0 Å². The Morgan fingerprint density at radius 1 is 1.10 bits per heavy atom. The molecule has 1 N–H and O–H groups in total. The van der Waals surface area contributed by atoms with Crippen molar-refractivity contribution < 1.29 is 18.7 Å². The van der Waals surface area contributed by atoms with Gasteiger partial charge >= 0.3 is 5.97 Å². The number of methoxy groups -OCH3 is 1. The topological polar surface area (TPSA) is 89.3 Å². The van der Waals surface area contributed by atoms with Crippen molar-refractivity contribution in [3.8, 4) is 22.5 Å². The summed E-state index contributed by atoms with van der Waals surface area (Å²) in [4.78, 5) is 27.8. The zero-order valence-corrected chi connectivity index (χ0v) is 24.2. The zero-order chi connectivity index (χ0) is 28.6. The summed E-state index contributed by atoms with van der Waals surface area (Å²) in [6.07, 6.45) is 1.76. The number of thiophene rings is 1. The lowest BCUT2D eigenvalue weighted by Crippen LogP contribution is -2.21. The molecule has 0 aliphatic rings. The van der Waals surface area contributed by atoms with Gasteiger partial charge in [0.15, 0.2) is 11.0 Å². The van der Waals surface area contributed by atoms with Crippen LogP contribution in [0.3, 0.4) is 0 Å². The van der Waals surface area contributed by atoms with E-state index in [0.29, 0.717) is 33.7 Å². The fraction of sp³-hybridized carbons (Fsp3) is 0.241. The number of esters is 1. The van der Waals surface area contributed by atoms with Crippen molar-refractivity contribution in [1.82, 2.24) is 14.8 Å². The Hall–Kier alpha value is -3.96. The van der Waals surface area contributed by atoms with Gasteiger partial charge in [-0.15, -0.1) is 28.1 Å². The first kappa shape index (κ1) is 29.0. The molecule has 0 saturated heterocycles. The van der Waals surface area contributed by atoms with Gasteiger partial charge < -0.3 is 15.0 Å². The molecule has 40 heavy (non-hydrogen) atoms. The van der Waals surface area contributed by atoms with E-state index in [1.807, 2.05) is 16.7 Å². The summed E-state index contributed by atoms with van der Waals surface area (Å²) in [5.74, 6) is -0.565. The Morgan fingerprint density at radius 2 is 1.77 bits per heavy atom. The first-order chi connectivity index (χ1) is 19.4. The predicted octanol–water partition coefficient (Wildman–Crippen LogP) is 6.36. The minimum Gasteiger partial charge on any atom is -0.465 e. The van der Waals surface area contributed by atoms with Crippen molar-refractivity contribution >= 4 is 45.7 Å². The van der Waals surface area contributed by atoms with Crippen LogP contribution < -0.4 is 10.2 Å². The van der Waals surface area contributed by atoms with Crippen molar-refractivity contribution in [3.05, 3.63) is 77.9 Å². The van der Waals surface area contributed by atoms with Crippen molar-refractivity contribution in [1.29, 1.82) is 0 Å². The molecule has 2 heterocycles. The molecule has 2 aromatic carbocycles. The normalized spacial score (nSPS) is 10.8. The fourth-order valence-corrected chi connectivity index (χ4v) is 5.92. The molecule has 0 spiro atoms. The molecule has 4 aromatic rings. The summed E-state index contributed by atoms with van der Waals surface area (Å²) in [5, 5.41) is 14.2. The molecule has 4 rings (SSSR count). The number of halogens is 1. The molecule has 208 valence electrons. The Balaban J connectivity index is 1.50. The van der Waals surface area contributed by atoms with Crippen LogP contribution in [0.1, 0.15) is 24.2 Å². The van der Waals surface area contributed by atoms with Crippen LogP contribution in [0.4, 0.5) is 15.1 Å². The molecule has 0 radical (unpaired) electrons. The first-order valence-corrected chi connectivity index (χ1v) is 14.5. The molecular weight excluding hydrogens is 549 g/mol. The molecule has 0 atom stereocenters. The molecule has 0 fully saturated rings. The maximum absolute atomic E-state index is 13.4. The number of amides is 1. The largest absolute Gasteiger partial charge is 0.465 e. The SMILES string of the molecule is C=CCn1c(SCC(=O)Nc2scc(-c3ccc(F)cc3)c2C(=O)OC)nnc1-c1ccc(N(CC)CC)cc1. The molecule has 8 nitrogen and oxygen atoms in total. The minimum absolute atomic E-state index is 0.0422. The van der Waals surface area contributed by atoms with E-state index in [1.54, 1.807) is 23.6 Å². The summed E-state index contributed by atoms with van der Waals surface area (Å²) in [7, 11) is 1.27. The Bertz CT molecular complexity index is 1480. The van der Waals surface area contributed by atoms with Gasteiger partial charge in [-0.05, 0) is 55.8 Å². The molecule has 0 bridgehead atoms. The second kappa shape index (κ2) is 13.4. The molecule has 0 aliphatic carbocycles. The van der Waals surface area contributed by atoms with Crippen LogP contribution in [0.25, 0.3) is 22.5 Å². The van der Waals surface area contributed by atoms with Gasteiger partial charge in [-0.2, -0.15) is 0 Å². The van der Waals surface area contributed by atoms with E-state index in [1.165, 1.54) is 42.3 Å². The third kappa shape index (κ3) is 6.43. The number of rotatable bonds is 12. The molecule has 1 amide bonds. The van der Waals surface area contributed by atoms with E-state index in [-0.39, 0.29) is 23.0 Å². The number of aromatic nitrogens is 3. The molecule has 0 saturated carbocycles. The van der Waals surface area contributed by atoms with Gasteiger partial charge in [0, 0.05) is 41.8 Å². The van der Waals surface area contributed by atoms with Gasteiger partial charge in [0.1, 0.15) is 16.4 Å². The number of nitrogens with zero attached hydrogens (tertiary/aromatic N) is 4. The van der Waals surface area contributed by atoms with Crippen molar-refractivity contribution in [2.45, 2.75) is 25.5 Å². The molecular formula is C29H30FN5O3S2. The lowest BCUT2D eigenvalue weighted by Gasteiger charge is -2.21. The third-order valence-corrected chi connectivity index (χ3v) is 8.07. The molecule has 0 unspecified atom stereocenters. The van der Waals surface area contributed by atoms with Gasteiger partial charge in [-0.1, -0.05) is 30.0 Å². The second-order valence-electron chi connectivity index (χ2n) is 8.61. The van der Waals surface area contributed by atoms with Gasteiger partial charge in [-0.3, -0.25) is 9.36 Å². The highest BCUT2D eigenvalue weighted by atomic mass is 32.2. The average Bonchev–Trinajstić information content (AvgIpc) is 3.57. The maximum Gasteiger partial charge on any atom is 0.341 e.